The van der Waals surface area contributed by atoms with Crippen LogP contribution in [0.4, 0.5) is 0 Å². The topological polar surface area (TPSA) is 17.1 Å². The SMILES string of the molecule is CC(C)=C1C=C2[C@H](C)CCC[C@]2(C)CC1=O. The Morgan fingerprint density at radius 2 is 2.12 bits per heavy atom. The van der Waals surface area contributed by atoms with E-state index in [2.05, 4.69) is 19.9 Å². The minimum atomic E-state index is 0.160. The van der Waals surface area contributed by atoms with Crippen molar-refractivity contribution in [3.8, 4) is 0 Å². The van der Waals surface area contributed by atoms with E-state index in [1.165, 1.54) is 24.8 Å². The molecule has 2 rings (SSSR count). The average molecular weight is 218 g/mol. The van der Waals surface area contributed by atoms with Crippen LogP contribution in [0.15, 0.2) is 22.8 Å². The lowest BCUT2D eigenvalue weighted by molar-refractivity contribution is -0.117. The second-order valence-electron chi connectivity index (χ2n) is 5.97. The minimum Gasteiger partial charge on any atom is -0.294 e. The molecule has 0 aliphatic heterocycles. The van der Waals surface area contributed by atoms with Crippen molar-refractivity contribution in [2.24, 2.45) is 11.3 Å². The first-order valence-corrected chi connectivity index (χ1v) is 6.37. The van der Waals surface area contributed by atoms with E-state index in [-0.39, 0.29) is 5.41 Å². The molecule has 2 aliphatic carbocycles. The zero-order valence-electron chi connectivity index (χ0n) is 10.9. The van der Waals surface area contributed by atoms with Gasteiger partial charge >= 0.3 is 0 Å². The number of hydrogen-bond donors (Lipinski definition) is 0. The molecule has 16 heavy (non-hydrogen) atoms. The number of allylic oxidation sites excluding steroid dienone is 4. The maximum absolute atomic E-state index is 12.1. The van der Waals surface area contributed by atoms with Crippen LogP contribution in [0, 0.1) is 11.3 Å². The van der Waals surface area contributed by atoms with E-state index < -0.39 is 0 Å². The van der Waals surface area contributed by atoms with Crippen LogP contribution in [0.5, 0.6) is 0 Å². The monoisotopic (exact) mass is 218 g/mol. The van der Waals surface area contributed by atoms with Gasteiger partial charge in [0.25, 0.3) is 0 Å². The summed E-state index contributed by atoms with van der Waals surface area (Å²) >= 11 is 0. The first-order valence-electron chi connectivity index (χ1n) is 6.37. The molecule has 88 valence electrons. The summed E-state index contributed by atoms with van der Waals surface area (Å²) in [6.07, 6.45) is 6.66. The Bertz CT molecular complexity index is 382. The Balaban J connectivity index is 2.49. The maximum atomic E-state index is 12.1. The van der Waals surface area contributed by atoms with Crippen LogP contribution in [0.25, 0.3) is 0 Å². The highest BCUT2D eigenvalue weighted by molar-refractivity contribution is 6.00. The van der Waals surface area contributed by atoms with E-state index in [9.17, 15) is 4.79 Å². The Labute approximate surface area is 98.6 Å². The normalized spacial score (nSPS) is 34.5. The number of Topliss-reactive ketones (excluding diaryl/α,β-unsaturated/α-hetero) is 1. The number of hydrogen-bond acceptors (Lipinski definition) is 1. The predicted molar refractivity (Wildman–Crippen MR) is 67.2 cm³/mol. The molecule has 0 radical (unpaired) electrons. The molecule has 0 aromatic carbocycles. The van der Waals surface area contributed by atoms with Crippen LogP contribution < -0.4 is 0 Å². The van der Waals surface area contributed by atoms with Crippen molar-refractivity contribution in [1.82, 2.24) is 0 Å². The lowest BCUT2D eigenvalue weighted by atomic mass is 9.61. The molecule has 2 atom stereocenters. The highest BCUT2D eigenvalue weighted by Gasteiger charge is 2.40. The summed E-state index contributed by atoms with van der Waals surface area (Å²) in [6.45, 7) is 8.66. The zero-order chi connectivity index (χ0) is 11.9. The molecule has 0 aromatic rings. The summed E-state index contributed by atoms with van der Waals surface area (Å²) in [4.78, 5) is 12.1. The molecule has 0 unspecified atom stereocenters. The molecule has 0 N–H and O–H groups in total. The molecule has 0 bridgehead atoms. The van der Waals surface area contributed by atoms with Gasteiger partial charge in [-0.3, -0.25) is 4.79 Å². The molecule has 1 heteroatoms. The molecule has 0 amide bonds. The van der Waals surface area contributed by atoms with E-state index in [0.29, 0.717) is 11.7 Å². The molecular weight excluding hydrogens is 196 g/mol. The van der Waals surface area contributed by atoms with Crippen molar-refractivity contribution in [2.45, 2.75) is 53.4 Å². The van der Waals surface area contributed by atoms with Gasteiger partial charge in [-0.1, -0.05) is 37.5 Å². The lowest BCUT2D eigenvalue weighted by Crippen LogP contribution is -2.34. The summed E-state index contributed by atoms with van der Waals surface area (Å²) in [5.74, 6) is 1.00. The Morgan fingerprint density at radius 1 is 1.44 bits per heavy atom. The van der Waals surface area contributed by atoms with Crippen LogP contribution in [-0.4, -0.2) is 5.78 Å². The Hall–Kier alpha value is -0.850. The molecule has 0 spiro atoms. The standard InChI is InChI=1S/C15H22O/c1-10(2)12-8-13-11(3)6-5-7-15(13,4)9-14(12)16/h8,11H,5-7,9H2,1-4H3/t11-,15-/m1/s1. The molecule has 0 aromatic heterocycles. The summed E-state index contributed by atoms with van der Waals surface area (Å²) in [7, 11) is 0. The summed E-state index contributed by atoms with van der Waals surface area (Å²) in [6, 6.07) is 0. The van der Waals surface area contributed by atoms with E-state index in [0.717, 1.165) is 17.6 Å². The summed E-state index contributed by atoms with van der Waals surface area (Å²) in [5.41, 5.74) is 3.82. The molecule has 1 fully saturated rings. The van der Waals surface area contributed by atoms with Gasteiger partial charge < -0.3 is 0 Å². The second kappa shape index (κ2) is 3.87. The summed E-state index contributed by atoms with van der Waals surface area (Å²) in [5, 5.41) is 0. The van der Waals surface area contributed by atoms with E-state index >= 15 is 0 Å². The number of rotatable bonds is 0. The van der Waals surface area contributed by atoms with Crippen LogP contribution in [-0.2, 0) is 4.79 Å². The van der Waals surface area contributed by atoms with Gasteiger partial charge in [-0.15, -0.1) is 0 Å². The van der Waals surface area contributed by atoms with Crippen molar-refractivity contribution in [3.63, 3.8) is 0 Å². The molecule has 0 heterocycles. The third-order valence-electron chi connectivity index (χ3n) is 4.28. The third-order valence-corrected chi connectivity index (χ3v) is 4.28. The van der Waals surface area contributed by atoms with Crippen LogP contribution >= 0.6 is 0 Å². The van der Waals surface area contributed by atoms with Crippen molar-refractivity contribution >= 4 is 5.78 Å². The minimum absolute atomic E-state index is 0.160. The smallest absolute Gasteiger partial charge is 0.163 e. The van der Waals surface area contributed by atoms with Gasteiger partial charge in [0, 0.05) is 12.0 Å². The fourth-order valence-electron chi connectivity index (χ4n) is 3.31. The lowest BCUT2D eigenvalue weighted by Gasteiger charge is -2.42. The number of fused-ring (bicyclic) bond motifs is 1. The molecule has 2 aliphatic rings. The zero-order valence-corrected chi connectivity index (χ0v) is 10.9. The fraction of sp³-hybridized carbons (Fsp3) is 0.667. The first-order chi connectivity index (χ1) is 7.44. The Kier molecular flexibility index (Phi) is 2.81. The number of carbonyl (C=O) groups excluding carboxylic acids is 1. The van der Waals surface area contributed by atoms with Gasteiger partial charge in [-0.25, -0.2) is 0 Å². The Morgan fingerprint density at radius 3 is 2.75 bits per heavy atom. The van der Waals surface area contributed by atoms with Gasteiger partial charge in [0.15, 0.2) is 5.78 Å². The van der Waals surface area contributed by atoms with Crippen molar-refractivity contribution in [2.75, 3.05) is 0 Å². The molecule has 1 nitrogen and oxygen atoms in total. The van der Waals surface area contributed by atoms with Gasteiger partial charge in [0.1, 0.15) is 0 Å². The van der Waals surface area contributed by atoms with Crippen molar-refractivity contribution < 1.29 is 4.79 Å². The highest BCUT2D eigenvalue weighted by Crippen LogP contribution is 2.49. The van der Waals surface area contributed by atoms with E-state index in [1.807, 2.05) is 13.8 Å². The maximum Gasteiger partial charge on any atom is 0.163 e. The fourth-order valence-corrected chi connectivity index (χ4v) is 3.31. The largest absolute Gasteiger partial charge is 0.294 e. The first kappa shape index (κ1) is 11.6. The predicted octanol–water partition coefficient (Wildman–Crippen LogP) is 4.05. The third kappa shape index (κ3) is 1.77. The van der Waals surface area contributed by atoms with Crippen LogP contribution in [0.1, 0.15) is 53.4 Å². The number of ketones is 1. The molecule has 1 saturated carbocycles. The molecule has 0 saturated heterocycles. The van der Waals surface area contributed by atoms with Gasteiger partial charge in [-0.2, -0.15) is 0 Å². The van der Waals surface area contributed by atoms with E-state index in [1.54, 1.807) is 0 Å². The summed E-state index contributed by atoms with van der Waals surface area (Å²) < 4.78 is 0. The average Bonchev–Trinajstić information content (AvgIpc) is 2.15. The quantitative estimate of drug-likeness (QED) is 0.561. The highest BCUT2D eigenvalue weighted by atomic mass is 16.1. The molecular formula is C15H22O. The van der Waals surface area contributed by atoms with Crippen LogP contribution in [0.2, 0.25) is 0 Å². The van der Waals surface area contributed by atoms with Crippen molar-refractivity contribution in [1.29, 1.82) is 0 Å². The van der Waals surface area contributed by atoms with Gasteiger partial charge in [-0.05, 0) is 38.0 Å². The number of carbonyl (C=O) groups is 1. The van der Waals surface area contributed by atoms with Gasteiger partial charge in [0.05, 0.1) is 0 Å². The van der Waals surface area contributed by atoms with Crippen LogP contribution in [0.3, 0.4) is 0 Å². The van der Waals surface area contributed by atoms with Gasteiger partial charge in [0.2, 0.25) is 0 Å². The van der Waals surface area contributed by atoms with E-state index in [4.69, 9.17) is 0 Å². The second-order valence-corrected chi connectivity index (χ2v) is 5.97. The van der Waals surface area contributed by atoms with Crippen molar-refractivity contribution in [3.05, 3.63) is 22.8 Å².